The van der Waals surface area contributed by atoms with Gasteiger partial charge >= 0.3 is 0 Å². The van der Waals surface area contributed by atoms with Crippen molar-refractivity contribution in [3.8, 4) is 10.6 Å². The predicted octanol–water partition coefficient (Wildman–Crippen LogP) is 3.46. The summed E-state index contributed by atoms with van der Waals surface area (Å²) in [6, 6.07) is 14.8. The Morgan fingerprint density at radius 2 is 1.80 bits per heavy atom. The molecule has 0 aliphatic rings. The summed E-state index contributed by atoms with van der Waals surface area (Å²) < 4.78 is 0. The molecule has 3 aromatic rings. The lowest BCUT2D eigenvalue weighted by Crippen LogP contribution is -2.11. The highest BCUT2D eigenvalue weighted by Gasteiger charge is 2.09. The highest BCUT2D eigenvalue weighted by atomic mass is 32.1. The first-order chi connectivity index (χ1) is 9.83. The molecule has 0 radical (unpaired) electrons. The van der Waals surface area contributed by atoms with Gasteiger partial charge in [0.25, 0.3) is 5.91 Å². The minimum absolute atomic E-state index is 0.160. The molecule has 0 bridgehead atoms. The van der Waals surface area contributed by atoms with Gasteiger partial charge in [0.05, 0.1) is 10.6 Å². The van der Waals surface area contributed by atoms with Crippen LogP contribution in [0.2, 0.25) is 0 Å². The van der Waals surface area contributed by atoms with E-state index in [1.165, 1.54) is 11.3 Å². The Hall–Kier alpha value is -2.53. The largest absolute Gasteiger partial charge is 0.298 e. The smallest absolute Gasteiger partial charge is 0.257 e. The van der Waals surface area contributed by atoms with E-state index in [1.54, 1.807) is 24.5 Å². The van der Waals surface area contributed by atoms with Gasteiger partial charge < -0.3 is 0 Å². The van der Waals surface area contributed by atoms with E-state index in [0.717, 1.165) is 10.6 Å². The highest BCUT2D eigenvalue weighted by molar-refractivity contribution is 7.19. The van der Waals surface area contributed by atoms with Crippen molar-refractivity contribution in [1.29, 1.82) is 0 Å². The lowest BCUT2D eigenvalue weighted by molar-refractivity contribution is 0.102. The Bertz CT molecular complexity index is 710. The van der Waals surface area contributed by atoms with E-state index >= 15 is 0 Å². The van der Waals surface area contributed by atoms with Crippen LogP contribution >= 0.6 is 11.3 Å². The number of hydrogen-bond donors (Lipinski definition) is 1. The number of nitrogens with one attached hydrogen (secondary N) is 1. The minimum Gasteiger partial charge on any atom is -0.298 e. The van der Waals surface area contributed by atoms with Gasteiger partial charge in [0.1, 0.15) is 0 Å². The molecule has 4 nitrogen and oxygen atoms in total. The van der Waals surface area contributed by atoms with Crippen molar-refractivity contribution >= 4 is 22.4 Å². The summed E-state index contributed by atoms with van der Waals surface area (Å²) in [6.45, 7) is 0. The van der Waals surface area contributed by atoms with Crippen molar-refractivity contribution in [2.24, 2.45) is 0 Å². The second-order valence-electron chi connectivity index (χ2n) is 4.06. The maximum absolute atomic E-state index is 12.0. The van der Waals surface area contributed by atoms with Crippen LogP contribution in [0.5, 0.6) is 0 Å². The number of hydrogen-bond acceptors (Lipinski definition) is 4. The van der Waals surface area contributed by atoms with E-state index in [2.05, 4.69) is 15.3 Å². The van der Waals surface area contributed by atoms with Gasteiger partial charge in [-0.05, 0) is 24.3 Å². The third kappa shape index (κ3) is 2.73. The van der Waals surface area contributed by atoms with Gasteiger partial charge in [0.15, 0.2) is 5.13 Å². The first-order valence-electron chi connectivity index (χ1n) is 6.06. The van der Waals surface area contributed by atoms with Crippen molar-refractivity contribution in [2.75, 3.05) is 5.32 Å². The number of amides is 1. The number of thiazole rings is 1. The maximum atomic E-state index is 12.0. The quantitative estimate of drug-likeness (QED) is 0.800. The summed E-state index contributed by atoms with van der Waals surface area (Å²) in [5.41, 5.74) is 1.47. The van der Waals surface area contributed by atoms with Crippen LogP contribution in [0.1, 0.15) is 10.4 Å². The van der Waals surface area contributed by atoms with Crippen LogP contribution in [0.15, 0.2) is 60.9 Å². The molecule has 1 amide bonds. The summed E-state index contributed by atoms with van der Waals surface area (Å²) in [6.07, 6.45) is 3.45. The van der Waals surface area contributed by atoms with Gasteiger partial charge in [-0.25, -0.2) is 4.98 Å². The Kier molecular flexibility index (Phi) is 3.52. The highest BCUT2D eigenvalue weighted by Crippen LogP contribution is 2.27. The van der Waals surface area contributed by atoms with Crippen LogP contribution in [0.4, 0.5) is 5.13 Å². The summed E-state index contributed by atoms with van der Waals surface area (Å²) in [7, 11) is 0. The minimum atomic E-state index is -0.160. The first-order valence-corrected chi connectivity index (χ1v) is 6.88. The average Bonchev–Trinajstić information content (AvgIpc) is 2.97. The third-order valence-electron chi connectivity index (χ3n) is 2.68. The molecule has 20 heavy (non-hydrogen) atoms. The molecule has 1 N–H and O–H groups in total. The third-order valence-corrected chi connectivity index (χ3v) is 3.61. The number of anilines is 1. The van der Waals surface area contributed by atoms with Crippen molar-refractivity contribution in [2.45, 2.75) is 0 Å². The monoisotopic (exact) mass is 281 g/mol. The van der Waals surface area contributed by atoms with Crippen LogP contribution in [-0.4, -0.2) is 15.9 Å². The van der Waals surface area contributed by atoms with Crippen LogP contribution in [-0.2, 0) is 0 Å². The SMILES string of the molecule is O=C(Nc1ncc(-c2ccccn2)s1)c1ccccc1. The van der Waals surface area contributed by atoms with Gasteiger partial charge in [-0.15, -0.1) is 0 Å². The zero-order valence-electron chi connectivity index (χ0n) is 10.5. The van der Waals surface area contributed by atoms with Gasteiger partial charge in [0, 0.05) is 18.0 Å². The standard InChI is InChI=1S/C15H11N3OS/c19-14(11-6-2-1-3-7-11)18-15-17-10-13(20-15)12-8-4-5-9-16-12/h1-10H,(H,17,18,19). The maximum Gasteiger partial charge on any atom is 0.257 e. The van der Waals surface area contributed by atoms with E-state index < -0.39 is 0 Å². The molecule has 5 heteroatoms. The fourth-order valence-corrected chi connectivity index (χ4v) is 2.51. The first kappa shape index (κ1) is 12.5. The van der Waals surface area contributed by atoms with Crippen molar-refractivity contribution in [3.05, 3.63) is 66.5 Å². The lowest BCUT2D eigenvalue weighted by atomic mass is 10.2. The second-order valence-corrected chi connectivity index (χ2v) is 5.10. The number of carbonyl (C=O) groups excluding carboxylic acids is 1. The van der Waals surface area contributed by atoms with Crippen LogP contribution in [0, 0.1) is 0 Å². The van der Waals surface area contributed by atoms with E-state index in [0.29, 0.717) is 10.7 Å². The summed E-state index contributed by atoms with van der Waals surface area (Å²) in [4.78, 5) is 21.4. The molecule has 0 aliphatic heterocycles. The fraction of sp³-hybridized carbons (Fsp3) is 0. The Morgan fingerprint density at radius 1 is 1.00 bits per heavy atom. The number of pyridine rings is 1. The van der Waals surface area contributed by atoms with E-state index in [1.807, 2.05) is 36.4 Å². The molecular weight excluding hydrogens is 270 g/mol. The lowest BCUT2D eigenvalue weighted by Gasteiger charge is -2.00. The molecule has 0 fully saturated rings. The number of carbonyl (C=O) groups is 1. The van der Waals surface area contributed by atoms with Gasteiger partial charge in [-0.2, -0.15) is 0 Å². The van der Waals surface area contributed by atoms with E-state index in [-0.39, 0.29) is 5.91 Å². The molecule has 2 heterocycles. The van der Waals surface area contributed by atoms with Gasteiger partial charge in [-0.3, -0.25) is 15.1 Å². The number of nitrogens with zero attached hydrogens (tertiary/aromatic N) is 2. The molecular formula is C15H11N3OS. The summed E-state index contributed by atoms with van der Waals surface area (Å²) in [5.74, 6) is -0.160. The van der Waals surface area contributed by atoms with Crippen LogP contribution in [0.25, 0.3) is 10.6 Å². The molecule has 0 saturated carbocycles. The number of rotatable bonds is 3. The molecule has 0 unspecified atom stereocenters. The van der Waals surface area contributed by atoms with E-state index in [9.17, 15) is 4.79 Å². The zero-order valence-corrected chi connectivity index (χ0v) is 11.3. The molecule has 3 rings (SSSR count). The molecule has 0 spiro atoms. The average molecular weight is 281 g/mol. The molecule has 0 atom stereocenters. The second kappa shape index (κ2) is 5.63. The zero-order chi connectivity index (χ0) is 13.8. The van der Waals surface area contributed by atoms with Gasteiger partial charge in [0.2, 0.25) is 0 Å². The van der Waals surface area contributed by atoms with Crippen LogP contribution in [0.3, 0.4) is 0 Å². The van der Waals surface area contributed by atoms with Gasteiger partial charge in [-0.1, -0.05) is 35.6 Å². The topological polar surface area (TPSA) is 54.9 Å². The molecule has 98 valence electrons. The van der Waals surface area contributed by atoms with Crippen molar-refractivity contribution in [3.63, 3.8) is 0 Å². The Morgan fingerprint density at radius 3 is 2.55 bits per heavy atom. The molecule has 1 aromatic carbocycles. The summed E-state index contributed by atoms with van der Waals surface area (Å²) in [5, 5.41) is 3.36. The molecule has 0 aliphatic carbocycles. The number of aromatic nitrogens is 2. The van der Waals surface area contributed by atoms with E-state index in [4.69, 9.17) is 0 Å². The number of benzene rings is 1. The normalized spacial score (nSPS) is 10.2. The Labute approximate surface area is 120 Å². The Balaban J connectivity index is 1.77. The van der Waals surface area contributed by atoms with Crippen LogP contribution < -0.4 is 5.32 Å². The fourth-order valence-electron chi connectivity index (χ4n) is 1.72. The van der Waals surface area contributed by atoms with Crippen molar-refractivity contribution < 1.29 is 4.79 Å². The molecule has 2 aromatic heterocycles. The van der Waals surface area contributed by atoms with Crippen molar-refractivity contribution in [1.82, 2.24) is 9.97 Å². The molecule has 0 saturated heterocycles. The summed E-state index contributed by atoms with van der Waals surface area (Å²) >= 11 is 1.40. The predicted molar refractivity (Wildman–Crippen MR) is 79.7 cm³/mol.